The van der Waals surface area contributed by atoms with E-state index in [0.29, 0.717) is 5.76 Å². The Hall–Kier alpha value is -2.07. The number of hydrogen-bond donors (Lipinski definition) is 3. The van der Waals surface area contributed by atoms with Gasteiger partial charge in [0.2, 0.25) is 10.0 Å². The fourth-order valence-electron chi connectivity index (χ4n) is 4.47. The van der Waals surface area contributed by atoms with Gasteiger partial charge in [0.25, 0.3) is 0 Å². The lowest BCUT2D eigenvalue weighted by atomic mass is 10.0. The number of aromatic carboxylic acids is 1. The van der Waals surface area contributed by atoms with Crippen LogP contribution in [0.15, 0.2) is 39.8 Å². The first-order valence-electron chi connectivity index (χ1n) is 15.0. The normalized spacial score (nSPS) is 11.7. The largest absolute Gasteiger partial charge is 0.478 e. The summed E-state index contributed by atoms with van der Waals surface area (Å²) in [6.07, 6.45) is 21.8. The van der Waals surface area contributed by atoms with Crippen LogP contribution in [0.25, 0.3) is 0 Å². The zero-order valence-electron chi connectivity index (χ0n) is 25.6. The highest BCUT2D eigenvalue weighted by atomic mass is 35.5. The van der Waals surface area contributed by atoms with E-state index < -0.39 is 20.9 Å². The SMILES string of the molecule is CCCCCCCCCCCCCCCC[N+](C)(C)C.NS(=O)(=O)c1cc(C(=O)O)c(NCc2ccco2)cc1Cl. The molecule has 0 aliphatic carbocycles. The first kappa shape index (κ1) is 37.0. The predicted molar refractivity (Wildman–Crippen MR) is 169 cm³/mol. The number of furan rings is 1. The van der Waals surface area contributed by atoms with E-state index in [2.05, 4.69) is 33.4 Å². The third-order valence-electron chi connectivity index (χ3n) is 6.82. The van der Waals surface area contributed by atoms with E-state index in [0.717, 1.165) is 10.5 Å². The van der Waals surface area contributed by atoms with E-state index in [-0.39, 0.29) is 22.8 Å². The summed E-state index contributed by atoms with van der Waals surface area (Å²) < 4.78 is 28.9. The van der Waals surface area contributed by atoms with Gasteiger partial charge in [-0.3, -0.25) is 0 Å². The van der Waals surface area contributed by atoms with E-state index >= 15 is 0 Å². The van der Waals surface area contributed by atoms with Crippen molar-refractivity contribution in [2.75, 3.05) is 33.0 Å². The second-order valence-electron chi connectivity index (χ2n) is 11.7. The fourth-order valence-corrected chi connectivity index (χ4v) is 5.57. The maximum atomic E-state index is 11.3. The van der Waals surface area contributed by atoms with Crippen molar-refractivity contribution in [2.24, 2.45) is 5.14 Å². The van der Waals surface area contributed by atoms with Crippen LogP contribution in [-0.4, -0.2) is 51.7 Å². The molecular formula is C31H53ClN3O5S+. The Kier molecular flexibility index (Phi) is 18.0. The summed E-state index contributed by atoms with van der Waals surface area (Å²) in [7, 11) is 2.78. The van der Waals surface area contributed by atoms with Gasteiger partial charge < -0.3 is 19.3 Å². The number of unbranched alkanes of at least 4 members (excludes halogenated alkanes) is 13. The van der Waals surface area contributed by atoms with Crippen molar-refractivity contribution in [1.29, 1.82) is 0 Å². The molecule has 0 spiro atoms. The number of carboxylic acid groups (broad SMARTS) is 1. The average Bonchev–Trinajstić information content (AvgIpc) is 3.40. The van der Waals surface area contributed by atoms with Gasteiger partial charge in [0.1, 0.15) is 10.7 Å². The molecule has 4 N–H and O–H groups in total. The molecule has 0 fully saturated rings. The lowest BCUT2D eigenvalue weighted by Crippen LogP contribution is -2.35. The zero-order valence-corrected chi connectivity index (χ0v) is 27.2. The van der Waals surface area contributed by atoms with Gasteiger partial charge in [-0.1, -0.05) is 95.6 Å². The molecule has 0 unspecified atom stereocenters. The average molecular weight is 615 g/mol. The Morgan fingerprint density at radius 1 is 0.927 bits per heavy atom. The molecule has 1 aromatic carbocycles. The molecule has 10 heteroatoms. The topological polar surface area (TPSA) is 123 Å². The molecule has 0 aliphatic rings. The number of nitrogens with one attached hydrogen (secondary N) is 1. The van der Waals surface area contributed by atoms with Crippen LogP contribution in [0.4, 0.5) is 5.69 Å². The third-order valence-corrected chi connectivity index (χ3v) is 8.20. The summed E-state index contributed by atoms with van der Waals surface area (Å²) in [5.41, 5.74) is -0.0914. The van der Waals surface area contributed by atoms with Crippen LogP contribution >= 0.6 is 11.6 Å². The number of carboxylic acids is 1. The number of primary sulfonamides is 1. The number of benzene rings is 1. The molecule has 8 nitrogen and oxygen atoms in total. The minimum Gasteiger partial charge on any atom is -0.478 e. The first-order valence-corrected chi connectivity index (χ1v) is 16.9. The zero-order chi connectivity index (χ0) is 30.7. The summed E-state index contributed by atoms with van der Waals surface area (Å²) >= 11 is 5.84. The molecule has 0 aliphatic heterocycles. The molecule has 234 valence electrons. The molecule has 0 bridgehead atoms. The van der Waals surface area contributed by atoms with E-state index in [4.69, 9.17) is 26.3 Å². The van der Waals surface area contributed by atoms with Crippen LogP contribution in [0.1, 0.15) is 113 Å². The Balaban J connectivity index is 0.000000411. The van der Waals surface area contributed by atoms with Crippen LogP contribution in [0, 0.1) is 0 Å². The lowest BCUT2D eigenvalue weighted by Gasteiger charge is -2.23. The van der Waals surface area contributed by atoms with Crippen molar-refractivity contribution in [2.45, 2.75) is 108 Å². The smallest absolute Gasteiger partial charge is 0.337 e. The van der Waals surface area contributed by atoms with Crippen LogP contribution in [0.3, 0.4) is 0 Å². The van der Waals surface area contributed by atoms with E-state index in [1.807, 2.05) is 0 Å². The molecule has 2 rings (SSSR count). The van der Waals surface area contributed by atoms with Gasteiger partial charge in [0, 0.05) is 0 Å². The molecule has 2 aromatic rings. The highest BCUT2D eigenvalue weighted by molar-refractivity contribution is 7.89. The van der Waals surface area contributed by atoms with Crippen molar-refractivity contribution in [3.63, 3.8) is 0 Å². The summed E-state index contributed by atoms with van der Waals surface area (Å²) in [6, 6.07) is 5.51. The summed E-state index contributed by atoms with van der Waals surface area (Å²) in [5, 5.41) is 16.8. The van der Waals surface area contributed by atoms with Gasteiger partial charge >= 0.3 is 5.97 Å². The third kappa shape index (κ3) is 17.5. The van der Waals surface area contributed by atoms with Crippen LogP contribution in [0.5, 0.6) is 0 Å². The highest BCUT2D eigenvalue weighted by Crippen LogP contribution is 2.28. The number of rotatable bonds is 20. The number of nitrogens with zero attached hydrogens (tertiary/aromatic N) is 1. The fraction of sp³-hybridized carbons (Fsp3) is 0.645. The summed E-state index contributed by atoms with van der Waals surface area (Å²) in [4.78, 5) is 10.8. The molecular weight excluding hydrogens is 562 g/mol. The number of nitrogens with two attached hydrogens (primary N) is 1. The van der Waals surface area contributed by atoms with Gasteiger partial charge in [-0.15, -0.1) is 0 Å². The Bertz CT molecular complexity index is 1100. The number of anilines is 1. The molecule has 0 amide bonds. The number of hydrogen-bond acceptors (Lipinski definition) is 5. The number of carbonyl (C=O) groups is 1. The van der Waals surface area contributed by atoms with Gasteiger partial charge in [-0.05, 0) is 37.1 Å². The van der Waals surface area contributed by atoms with Crippen LogP contribution < -0.4 is 10.5 Å². The van der Waals surface area contributed by atoms with E-state index in [1.165, 1.54) is 109 Å². The Labute approximate surface area is 253 Å². The van der Waals surface area contributed by atoms with Crippen molar-refractivity contribution >= 4 is 33.3 Å². The van der Waals surface area contributed by atoms with Crippen molar-refractivity contribution in [1.82, 2.24) is 0 Å². The summed E-state index contributed by atoms with van der Waals surface area (Å²) in [5.74, 6) is -0.725. The number of quaternary nitrogens is 1. The quantitative estimate of drug-likeness (QED) is 0.102. The van der Waals surface area contributed by atoms with E-state index in [1.54, 1.807) is 12.1 Å². The van der Waals surface area contributed by atoms with Crippen molar-refractivity contribution in [3.8, 4) is 0 Å². The minimum atomic E-state index is -4.11. The number of sulfonamides is 1. The first-order chi connectivity index (χ1) is 19.3. The van der Waals surface area contributed by atoms with Gasteiger partial charge in [-0.2, -0.15) is 0 Å². The maximum Gasteiger partial charge on any atom is 0.337 e. The predicted octanol–water partition coefficient (Wildman–Crippen LogP) is 8.06. The molecule has 41 heavy (non-hydrogen) atoms. The molecule has 1 heterocycles. The Morgan fingerprint density at radius 3 is 1.85 bits per heavy atom. The van der Waals surface area contributed by atoms with Gasteiger partial charge in [0.15, 0.2) is 0 Å². The van der Waals surface area contributed by atoms with Crippen LogP contribution in [-0.2, 0) is 16.6 Å². The van der Waals surface area contributed by atoms with Crippen LogP contribution in [0.2, 0.25) is 5.02 Å². The van der Waals surface area contributed by atoms with E-state index in [9.17, 15) is 13.2 Å². The number of halogens is 1. The molecule has 1 aromatic heterocycles. The van der Waals surface area contributed by atoms with Crippen molar-refractivity contribution < 1.29 is 27.2 Å². The molecule has 0 atom stereocenters. The lowest BCUT2D eigenvalue weighted by molar-refractivity contribution is -0.870. The monoisotopic (exact) mass is 614 g/mol. The highest BCUT2D eigenvalue weighted by Gasteiger charge is 2.20. The molecule has 0 saturated heterocycles. The van der Waals surface area contributed by atoms with Crippen molar-refractivity contribution in [3.05, 3.63) is 46.9 Å². The summed E-state index contributed by atoms with van der Waals surface area (Å²) in [6.45, 7) is 3.85. The minimum absolute atomic E-state index is 0.163. The second-order valence-corrected chi connectivity index (χ2v) is 13.7. The molecule has 0 radical (unpaired) electrons. The maximum absolute atomic E-state index is 11.3. The van der Waals surface area contributed by atoms with Gasteiger partial charge in [0.05, 0.1) is 56.8 Å². The van der Waals surface area contributed by atoms with Gasteiger partial charge in [-0.25, -0.2) is 18.4 Å². The second kappa shape index (κ2) is 19.9. The molecule has 0 saturated carbocycles. The Morgan fingerprint density at radius 2 is 1.44 bits per heavy atom. The standard InChI is InChI=1S/C19H42N.C12H11ClN2O5S/c1-5-6-7-8-9-10-11-12-13-14-15-16-17-18-19-20(2,3)4;13-9-5-10(15-6-7-2-1-3-20-7)8(12(16)17)4-11(9)21(14,18)19/h5-19H2,1-4H3;1-5,15H,6H2,(H,16,17)(H2,14,18,19)/q+1;.